The van der Waals surface area contributed by atoms with Crippen molar-refractivity contribution in [2.45, 2.75) is 38.1 Å². The second kappa shape index (κ2) is 8.82. The maximum atomic E-state index is 12.6. The van der Waals surface area contributed by atoms with Crippen molar-refractivity contribution in [1.82, 2.24) is 10.3 Å². The van der Waals surface area contributed by atoms with E-state index in [0.29, 0.717) is 11.6 Å². The highest BCUT2D eigenvalue weighted by atomic mass is 35.5. The maximum Gasteiger partial charge on any atom is 0.253 e. The van der Waals surface area contributed by atoms with E-state index in [1.807, 2.05) is 30.5 Å². The third kappa shape index (κ3) is 4.58. The zero-order valence-electron chi connectivity index (χ0n) is 16.1. The number of benzene rings is 1. The first kappa shape index (κ1) is 19.1. The SMILES string of the molecule is O=C(NC1CCCCC1)c1cncc(N2CCN(c3cccc(Cl)c3)CC2)c1. The normalized spacial score (nSPS) is 18.2. The molecule has 2 aliphatic rings. The van der Waals surface area contributed by atoms with E-state index < -0.39 is 0 Å². The number of anilines is 2. The highest BCUT2D eigenvalue weighted by Gasteiger charge is 2.20. The molecule has 2 heterocycles. The summed E-state index contributed by atoms with van der Waals surface area (Å²) in [5.41, 5.74) is 2.83. The molecule has 2 aromatic rings. The lowest BCUT2D eigenvalue weighted by Crippen LogP contribution is -2.46. The Kier molecular flexibility index (Phi) is 6.01. The maximum absolute atomic E-state index is 12.6. The first-order valence-electron chi connectivity index (χ1n) is 10.2. The number of aromatic nitrogens is 1. The van der Waals surface area contributed by atoms with Crippen LogP contribution in [0.2, 0.25) is 5.02 Å². The van der Waals surface area contributed by atoms with Crippen LogP contribution in [0.1, 0.15) is 42.5 Å². The number of rotatable bonds is 4. The van der Waals surface area contributed by atoms with Crippen LogP contribution in [0.4, 0.5) is 11.4 Å². The zero-order chi connectivity index (χ0) is 19.3. The van der Waals surface area contributed by atoms with Crippen LogP contribution in [0.25, 0.3) is 0 Å². The fourth-order valence-electron chi connectivity index (χ4n) is 4.14. The van der Waals surface area contributed by atoms with E-state index in [1.165, 1.54) is 19.3 Å². The van der Waals surface area contributed by atoms with E-state index in [4.69, 9.17) is 11.6 Å². The topological polar surface area (TPSA) is 48.5 Å². The van der Waals surface area contributed by atoms with E-state index in [2.05, 4.69) is 26.2 Å². The summed E-state index contributed by atoms with van der Waals surface area (Å²) in [6.45, 7) is 3.61. The Bertz CT molecular complexity index is 814. The molecule has 148 valence electrons. The average Bonchev–Trinajstić information content (AvgIpc) is 2.75. The summed E-state index contributed by atoms with van der Waals surface area (Å²) in [4.78, 5) is 21.6. The molecule has 1 saturated heterocycles. The van der Waals surface area contributed by atoms with Crippen LogP contribution < -0.4 is 15.1 Å². The molecule has 1 amide bonds. The average molecular weight is 399 g/mol. The molecule has 28 heavy (non-hydrogen) atoms. The van der Waals surface area contributed by atoms with Crippen molar-refractivity contribution < 1.29 is 4.79 Å². The first-order chi connectivity index (χ1) is 13.7. The molecule has 0 radical (unpaired) electrons. The van der Waals surface area contributed by atoms with Gasteiger partial charge in [-0.2, -0.15) is 0 Å². The molecule has 1 aromatic heterocycles. The molecule has 0 unspecified atom stereocenters. The summed E-state index contributed by atoms with van der Waals surface area (Å²) in [6.07, 6.45) is 9.40. The number of halogens is 1. The van der Waals surface area contributed by atoms with E-state index in [-0.39, 0.29) is 5.91 Å². The van der Waals surface area contributed by atoms with Crippen LogP contribution in [0.3, 0.4) is 0 Å². The van der Waals surface area contributed by atoms with Crippen molar-refractivity contribution in [3.8, 4) is 0 Å². The monoisotopic (exact) mass is 398 g/mol. The summed E-state index contributed by atoms with van der Waals surface area (Å²) < 4.78 is 0. The predicted octanol–water partition coefficient (Wildman–Crippen LogP) is 4.12. The van der Waals surface area contributed by atoms with Gasteiger partial charge in [0.1, 0.15) is 0 Å². The highest BCUT2D eigenvalue weighted by Crippen LogP contribution is 2.23. The Labute approximate surface area is 171 Å². The summed E-state index contributed by atoms with van der Waals surface area (Å²) in [5.74, 6) is -0.00110. The summed E-state index contributed by atoms with van der Waals surface area (Å²) in [7, 11) is 0. The van der Waals surface area contributed by atoms with Crippen LogP contribution in [0, 0.1) is 0 Å². The smallest absolute Gasteiger partial charge is 0.253 e. The van der Waals surface area contributed by atoms with Gasteiger partial charge < -0.3 is 15.1 Å². The van der Waals surface area contributed by atoms with E-state index in [9.17, 15) is 4.79 Å². The van der Waals surface area contributed by atoms with E-state index >= 15 is 0 Å². The second-order valence-corrected chi connectivity index (χ2v) is 8.13. The Balaban J connectivity index is 1.37. The van der Waals surface area contributed by atoms with Gasteiger partial charge in [0.05, 0.1) is 17.4 Å². The van der Waals surface area contributed by atoms with Crippen molar-refractivity contribution in [2.24, 2.45) is 0 Å². The molecule has 0 atom stereocenters. The van der Waals surface area contributed by atoms with Crippen LogP contribution in [-0.2, 0) is 0 Å². The number of hydrogen-bond acceptors (Lipinski definition) is 4. The number of hydrogen-bond donors (Lipinski definition) is 1. The first-order valence-corrected chi connectivity index (χ1v) is 10.6. The second-order valence-electron chi connectivity index (χ2n) is 7.69. The lowest BCUT2D eigenvalue weighted by atomic mass is 9.95. The van der Waals surface area contributed by atoms with Gasteiger partial charge in [-0.05, 0) is 37.1 Å². The number of nitrogens with zero attached hydrogens (tertiary/aromatic N) is 3. The van der Waals surface area contributed by atoms with Gasteiger partial charge in [-0.3, -0.25) is 9.78 Å². The number of piperazine rings is 1. The molecule has 4 rings (SSSR count). The van der Waals surface area contributed by atoms with Crippen molar-refractivity contribution in [1.29, 1.82) is 0 Å². The fourth-order valence-corrected chi connectivity index (χ4v) is 4.32. The van der Waals surface area contributed by atoms with Gasteiger partial charge in [0.15, 0.2) is 0 Å². The number of amides is 1. The lowest BCUT2D eigenvalue weighted by Gasteiger charge is -2.37. The Morgan fingerprint density at radius 3 is 2.39 bits per heavy atom. The number of pyridine rings is 1. The molecule has 1 aliphatic carbocycles. The minimum absolute atomic E-state index is 0.00110. The molecule has 0 spiro atoms. The van der Waals surface area contributed by atoms with Gasteiger partial charge in [0.25, 0.3) is 5.91 Å². The molecule has 1 saturated carbocycles. The third-order valence-corrected chi connectivity index (χ3v) is 5.98. The van der Waals surface area contributed by atoms with Crippen LogP contribution in [-0.4, -0.2) is 43.1 Å². The highest BCUT2D eigenvalue weighted by molar-refractivity contribution is 6.30. The van der Waals surface area contributed by atoms with E-state index in [0.717, 1.165) is 55.4 Å². The van der Waals surface area contributed by atoms with Gasteiger partial charge >= 0.3 is 0 Å². The number of nitrogens with one attached hydrogen (secondary N) is 1. The molecule has 0 bridgehead atoms. The Morgan fingerprint density at radius 2 is 1.68 bits per heavy atom. The Hall–Kier alpha value is -2.27. The van der Waals surface area contributed by atoms with Crippen molar-refractivity contribution in [3.63, 3.8) is 0 Å². The summed E-state index contributed by atoms with van der Waals surface area (Å²) >= 11 is 6.12. The van der Waals surface area contributed by atoms with Crippen LogP contribution >= 0.6 is 11.6 Å². The number of carbonyl (C=O) groups excluding carboxylic acids is 1. The Morgan fingerprint density at radius 1 is 0.964 bits per heavy atom. The van der Waals surface area contributed by atoms with Crippen molar-refractivity contribution in [2.75, 3.05) is 36.0 Å². The van der Waals surface area contributed by atoms with Gasteiger partial charge in [-0.15, -0.1) is 0 Å². The van der Waals surface area contributed by atoms with Gasteiger partial charge in [-0.25, -0.2) is 0 Å². The van der Waals surface area contributed by atoms with Crippen molar-refractivity contribution in [3.05, 3.63) is 53.3 Å². The minimum Gasteiger partial charge on any atom is -0.368 e. The van der Waals surface area contributed by atoms with Crippen LogP contribution in [0.5, 0.6) is 0 Å². The minimum atomic E-state index is -0.00110. The predicted molar refractivity (Wildman–Crippen MR) is 114 cm³/mol. The molecule has 1 aliphatic heterocycles. The molecule has 1 aromatic carbocycles. The molecular formula is C22H27ClN4O. The summed E-state index contributed by atoms with van der Waals surface area (Å²) in [5, 5.41) is 3.95. The standard InChI is InChI=1S/C22H27ClN4O/c23-18-5-4-8-20(14-18)26-9-11-27(12-10-26)21-13-17(15-24-16-21)22(28)25-19-6-2-1-3-7-19/h4-5,8,13-16,19H,1-3,6-7,9-12H2,(H,25,28). The lowest BCUT2D eigenvalue weighted by molar-refractivity contribution is 0.0927. The van der Waals surface area contributed by atoms with E-state index in [1.54, 1.807) is 6.20 Å². The largest absolute Gasteiger partial charge is 0.368 e. The molecule has 1 N–H and O–H groups in total. The van der Waals surface area contributed by atoms with Gasteiger partial charge in [-0.1, -0.05) is 36.9 Å². The number of carbonyl (C=O) groups is 1. The van der Waals surface area contributed by atoms with Crippen LogP contribution in [0.15, 0.2) is 42.7 Å². The van der Waals surface area contributed by atoms with Crippen molar-refractivity contribution >= 4 is 28.9 Å². The molecule has 2 fully saturated rings. The molecule has 6 heteroatoms. The quantitative estimate of drug-likeness (QED) is 0.841. The zero-order valence-corrected chi connectivity index (χ0v) is 16.9. The van der Waals surface area contributed by atoms with Gasteiger partial charge in [0, 0.05) is 49.1 Å². The summed E-state index contributed by atoms with van der Waals surface area (Å²) in [6, 6.07) is 10.3. The van der Waals surface area contributed by atoms with Gasteiger partial charge in [0.2, 0.25) is 0 Å². The fraction of sp³-hybridized carbons (Fsp3) is 0.455. The molecule has 5 nitrogen and oxygen atoms in total. The third-order valence-electron chi connectivity index (χ3n) is 5.74. The molecular weight excluding hydrogens is 372 g/mol.